The van der Waals surface area contributed by atoms with Crippen LogP contribution >= 0.6 is 0 Å². The van der Waals surface area contributed by atoms with Crippen molar-refractivity contribution in [3.63, 3.8) is 0 Å². The van der Waals surface area contributed by atoms with Gasteiger partial charge in [0.05, 0.1) is 24.2 Å². The summed E-state index contributed by atoms with van der Waals surface area (Å²) in [7, 11) is -3.27. The quantitative estimate of drug-likeness (QED) is 0.698. The molecule has 0 N–H and O–H groups in total. The van der Waals surface area contributed by atoms with Gasteiger partial charge in [-0.25, -0.2) is 8.42 Å². The third-order valence-corrected chi connectivity index (χ3v) is 7.36. The van der Waals surface area contributed by atoms with E-state index in [1.54, 1.807) is 6.92 Å². The number of hydrogen-bond acceptors (Lipinski definition) is 4. The first-order chi connectivity index (χ1) is 14.7. The van der Waals surface area contributed by atoms with Gasteiger partial charge in [0.25, 0.3) is 0 Å². The average Bonchev–Trinajstić information content (AvgIpc) is 3.15. The predicted molar refractivity (Wildman–Crippen MR) is 125 cm³/mol. The third-order valence-electron chi connectivity index (χ3n) is 6.18. The molecule has 2 aliphatic rings. The average molecular weight is 443 g/mol. The second kappa shape index (κ2) is 8.19. The number of rotatable bonds is 5. The van der Waals surface area contributed by atoms with E-state index in [9.17, 15) is 13.2 Å². The topological polar surface area (TPSA) is 66.9 Å². The second-order valence-electron chi connectivity index (χ2n) is 8.49. The van der Waals surface area contributed by atoms with Crippen LogP contribution in [0.2, 0.25) is 0 Å². The Hall–Kier alpha value is -2.54. The number of hydrogen-bond donors (Lipinski definition) is 0. The number of ether oxygens (including phenoxy) is 1. The SMILES string of the molecule is CCCOc1c(-c2ccc3c(c2)CCN3S(C)(=O)=O)ccc2c1CCC(C)N2C(C)=O. The van der Waals surface area contributed by atoms with Crippen molar-refractivity contribution in [3.05, 3.63) is 41.5 Å². The van der Waals surface area contributed by atoms with E-state index in [2.05, 4.69) is 19.9 Å². The molecule has 6 nitrogen and oxygen atoms in total. The van der Waals surface area contributed by atoms with Crippen LogP contribution in [-0.2, 0) is 27.7 Å². The van der Waals surface area contributed by atoms with E-state index < -0.39 is 10.0 Å². The molecule has 0 fully saturated rings. The van der Waals surface area contributed by atoms with Crippen molar-refractivity contribution in [1.82, 2.24) is 0 Å². The van der Waals surface area contributed by atoms with Crippen LogP contribution in [0.4, 0.5) is 11.4 Å². The Morgan fingerprint density at radius 2 is 1.90 bits per heavy atom. The second-order valence-corrected chi connectivity index (χ2v) is 10.4. The largest absolute Gasteiger partial charge is 0.493 e. The molecular formula is C24H30N2O4S. The molecule has 2 aromatic rings. The molecule has 7 heteroatoms. The fraction of sp³-hybridized carbons (Fsp3) is 0.458. The van der Waals surface area contributed by atoms with E-state index in [0.29, 0.717) is 19.6 Å². The Morgan fingerprint density at radius 3 is 2.58 bits per heavy atom. The Labute approximate surface area is 184 Å². The van der Waals surface area contributed by atoms with E-state index >= 15 is 0 Å². The van der Waals surface area contributed by atoms with Crippen molar-refractivity contribution in [3.8, 4) is 16.9 Å². The Balaban J connectivity index is 1.82. The number of benzene rings is 2. The lowest BCUT2D eigenvalue weighted by Crippen LogP contribution is -2.40. The van der Waals surface area contributed by atoms with E-state index in [1.807, 2.05) is 29.2 Å². The first-order valence-electron chi connectivity index (χ1n) is 10.9. The molecule has 0 saturated carbocycles. The molecule has 0 bridgehead atoms. The van der Waals surface area contributed by atoms with Crippen molar-refractivity contribution < 1.29 is 17.9 Å². The van der Waals surface area contributed by atoms with E-state index in [4.69, 9.17) is 4.74 Å². The molecule has 0 radical (unpaired) electrons. The van der Waals surface area contributed by atoms with Crippen molar-refractivity contribution in [2.45, 2.75) is 52.5 Å². The molecular weight excluding hydrogens is 412 g/mol. The summed E-state index contributed by atoms with van der Waals surface area (Å²) in [5.41, 5.74) is 5.81. The van der Waals surface area contributed by atoms with Gasteiger partial charge in [0.2, 0.25) is 15.9 Å². The number of fused-ring (bicyclic) bond motifs is 2. The summed E-state index contributed by atoms with van der Waals surface area (Å²) in [6.45, 7) is 6.85. The number of carbonyl (C=O) groups excluding carboxylic acids is 1. The van der Waals surface area contributed by atoms with E-state index in [-0.39, 0.29) is 11.9 Å². The molecule has 0 aliphatic carbocycles. The molecule has 2 heterocycles. The van der Waals surface area contributed by atoms with Crippen LogP contribution in [-0.4, -0.2) is 39.8 Å². The molecule has 0 aromatic heterocycles. The van der Waals surface area contributed by atoms with Gasteiger partial charge in [-0.3, -0.25) is 9.10 Å². The number of amides is 1. The Kier molecular flexibility index (Phi) is 5.73. The number of sulfonamides is 1. The highest BCUT2D eigenvalue weighted by Gasteiger charge is 2.31. The molecule has 2 aliphatic heterocycles. The summed E-state index contributed by atoms with van der Waals surface area (Å²) in [6, 6.07) is 10.2. The van der Waals surface area contributed by atoms with Crippen LogP contribution in [0.25, 0.3) is 11.1 Å². The van der Waals surface area contributed by atoms with Crippen LogP contribution in [0.5, 0.6) is 5.75 Å². The van der Waals surface area contributed by atoms with E-state index in [1.165, 1.54) is 10.6 Å². The van der Waals surface area contributed by atoms with Crippen LogP contribution < -0.4 is 13.9 Å². The zero-order chi connectivity index (χ0) is 22.3. The maximum atomic E-state index is 12.3. The van der Waals surface area contributed by atoms with Gasteiger partial charge in [0.15, 0.2) is 0 Å². The molecule has 31 heavy (non-hydrogen) atoms. The highest BCUT2D eigenvalue weighted by atomic mass is 32.2. The van der Waals surface area contributed by atoms with Gasteiger partial charge in [-0.2, -0.15) is 0 Å². The summed E-state index contributed by atoms with van der Waals surface area (Å²) in [5.74, 6) is 0.886. The van der Waals surface area contributed by atoms with Crippen molar-refractivity contribution in [2.24, 2.45) is 0 Å². The van der Waals surface area contributed by atoms with Crippen LogP contribution in [0.1, 0.15) is 44.7 Å². The van der Waals surface area contributed by atoms with Crippen LogP contribution in [0.3, 0.4) is 0 Å². The third kappa shape index (κ3) is 3.91. The maximum absolute atomic E-state index is 12.3. The Bertz CT molecular complexity index is 1130. The fourth-order valence-corrected chi connectivity index (χ4v) is 5.72. The predicted octanol–water partition coefficient (Wildman–Crippen LogP) is 4.15. The summed E-state index contributed by atoms with van der Waals surface area (Å²) in [5, 5.41) is 0. The summed E-state index contributed by atoms with van der Waals surface area (Å²) in [6.07, 6.45) is 4.59. The lowest BCUT2D eigenvalue weighted by molar-refractivity contribution is -0.117. The van der Waals surface area contributed by atoms with Gasteiger partial charge in [-0.1, -0.05) is 13.0 Å². The van der Waals surface area contributed by atoms with Crippen molar-refractivity contribution in [1.29, 1.82) is 0 Å². The minimum atomic E-state index is -3.27. The monoisotopic (exact) mass is 442 g/mol. The van der Waals surface area contributed by atoms with Gasteiger partial charge in [0.1, 0.15) is 5.75 Å². The first-order valence-corrected chi connectivity index (χ1v) is 12.8. The molecule has 2 aromatic carbocycles. The highest BCUT2D eigenvalue weighted by Crippen LogP contribution is 2.44. The minimum absolute atomic E-state index is 0.0426. The normalized spacial score (nSPS) is 18.0. The minimum Gasteiger partial charge on any atom is -0.493 e. The van der Waals surface area contributed by atoms with E-state index in [0.717, 1.165) is 58.6 Å². The van der Waals surface area contributed by atoms with Crippen LogP contribution in [0, 0.1) is 0 Å². The van der Waals surface area contributed by atoms with Gasteiger partial charge in [-0.15, -0.1) is 0 Å². The number of nitrogens with zero attached hydrogens (tertiary/aromatic N) is 2. The Morgan fingerprint density at radius 1 is 1.16 bits per heavy atom. The van der Waals surface area contributed by atoms with Crippen molar-refractivity contribution >= 4 is 27.3 Å². The lowest BCUT2D eigenvalue weighted by atomic mass is 9.91. The van der Waals surface area contributed by atoms with Crippen molar-refractivity contribution in [2.75, 3.05) is 28.6 Å². The van der Waals surface area contributed by atoms with Crippen LogP contribution in [0.15, 0.2) is 30.3 Å². The zero-order valence-corrected chi connectivity index (χ0v) is 19.5. The molecule has 0 saturated heterocycles. The van der Waals surface area contributed by atoms with Gasteiger partial charge < -0.3 is 9.64 Å². The van der Waals surface area contributed by atoms with Gasteiger partial charge in [0, 0.05) is 30.6 Å². The molecule has 1 atom stereocenters. The first kappa shape index (κ1) is 21.7. The smallest absolute Gasteiger partial charge is 0.232 e. The zero-order valence-electron chi connectivity index (χ0n) is 18.6. The number of anilines is 2. The fourth-order valence-electron chi connectivity index (χ4n) is 4.76. The molecule has 0 spiro atoms. The molecule has 166 valence electrons. The summed E-state index contributed by atoms with van der Waals surface area (Å²) >= 11 is 0. The molecule has 1 amide bonds. The molecule has 1 unspecified atom stereocenters. The summed E-state index contributed by atoms with van der Waals surface area (Å²) < 4.78 is 31.9. The summed E-state index contributed by atoms with van der Waals surface area (Å²) in [4.78, 5) is 14.2. The standard InChI is InChI=1S/C24H30N2O4S/c1-5-14-30-24-20(9-11-23-21(24)8-6-16(2)26(23)17(3)27)18-7-10-22-19(15-18)12-13-25(22)31(4,28)29/h7,9-11,15-16H,5-6,8,12-14H2,1-4H3. The highest BCUT2D eigenvalue weighted by molar-refractivity contribution is 7.92. The number of carbonyl (C=O) groups is 1. The van der Waals surface area contributed by atoms with Gasteiger partial charge in [-0.05, 0) is 68.0 Å². The molecule has 4 rings (SSSR count). The van der Waals surface area contributed by atoms with Gasteiger partial charge >= 0.3 is 0 Å². The lowest BCUT2D eigenvalue weighted by Gasteiger charge is -2.36. The maximum Gasteiger partial charge on any atom is 0.232 e.